The molecule has 1 heterocycles. The molecule has 146 valence electrons. The minimum absolute atomic E-state index is 0.0946. The Morgan fingerprint density at radius 3 is 2.67 bits per heavy atom. The number of benzene rings is 1. The molecule has 6 nitrogen and oxygen atoms in total. The number of thiophene rings is 1. The van der Waals surface area contributed by atoms with Gasteiger partial charge in [-0.1, -0.05) is 17.7 Å². The molecule has 0 fully saturated rings. The summed E-state index contributed by atoms with van der Waals surface area (Å²) in [6.07, 6.45) is 0. The largest absolute Gasteiger partial charge is 0.383 e. The molecule has 1 aromatic carbocycles. The highest BCUT2D eigenvalue weighted by molar-refractivity contribution is 7.08. The molecule has 1 amide bonds. The lowest BCUT2D eigenvalue weighted by Crippen LogP contribution is -2.42. The third-order valence-corrected chi connectivity index (χ3v) is 4.70. The maximum absolute atomic E-state index is 12.1. The summed E-state index contributed by atoms with van der Waals surface area (Å²) in [5.41, 5.74) is 1.56. The molecule has 4 N–H and O–H groups in total. The normalized spacial score (nSPS) is 13.7. The van der Waals surface area contributed by atoms with E-state index < -0.39 is 5.60 Å². The van der Waals surface area contributed by atoms with Crippen LogP contribution in [-0.4, -0.2) is 43.2 Å². The predicted molar refractivity (Wildman–Crippen MR) is 111 cm³/mol. The average Bonchev–Trinajstić information content (AvgIpc) is 3.18. The van der Waals surface area contributed by atoms with E-state index in [1.165, 1.54) is 0 Å². The molecule has 1 aromatic heterocycles. The van der Waals surface area contributed by atoms with Gasteiger partial charge in [0.15, 0.2) is 5.96 Å². The Kier molecular flexibility index (Phi) is 7.82. The van der Waals surface area contributed by atoms with E-state index in [1.807, 2.05) is 48.9 Å². The van der Waals surface area contributed by atoms with Crippen LogP contribution in [0.5, 0.6) is 0 Å². The zero-order valence-corrected chi connectivity index (χ0v) is 16.9. The summed E-state index contributed by atoms with van der Waals surface area (Å²) in [6, 6.07) is 9.40. The van der Waals surface area contributed by atoms with Crippen molar-refractivity contribution in [2.45, 2.75) is 26.4 Å². The molecule has 0 spiro atoms. The highest BCUT2D eigenvalue weighted by Crippen LogP contribution is 2.23. The van der Waals surface area contributed by atoms with Crippen molar-refractivity contribution in [2.24, 2.45) is 4.99 Å². The zero-order chi connectivity index (χ0) is 19.7. The molecular formula is C20H28N4O2S. The SMILES string of the molecule is CCNC(=NCC(C)(O)c1ccsc1)NCCNC(=O)c1cccc(C)c1. The monoisotopic (exact) mass is 388 g/mol. The minimum atomic E-state index is -1.01. The van der Waals surface area contributed by atoms with E-state index in [0.29, 0.717) is 31.2 Å². The highest BCUT2D eigenvalue weighted by Gasteiger charge is 2.23. The van der Waals surface area contributed by atoms with E-state index in [1.54, 1.807) is 24.3 Å². The van der Waals surface area contributed by atoms with Crippen LogP contribution in [0.1, 0.15) is 35.3 Å². The van der Waals surface area contributed by atoms with Gasteiger partial charge in [0.25, 0.3) is 5.91 Å². The first-order chi connectivity index (χ1) is 12.9. The molecule has 7 heteroatoms. The van der Waals surface area contributed by atoms with Crippen molar-refractivity contribution in [2.75, 3.05) is 26.2 Å². The second-order valence-corrected chi connectivity index (χ2v) is 7.31. The third kappa shape index (κ3) is 6.69. The maximum Gasteiger partial charge on any atom is 0.251 e. The first-order valence-electron chi connectivity index (χ1n) is 9.04. The fourth-order valence-corrected chi connectivity index (χ4v) is 3.27. The summed E-state index contributed by atoms with van der Waals surface area (Å²) in [6.45, 7) is 7.65. The van der Waals surface area contributed by atoms with Crippen molar-refractivity contribution < 1.29 is 9.90 Å². The summed E-state index contributed by atoms with van der Waals surface area (Å²) in [5.74, 6) is 0.514. The Hall–Kier alpha value is -2.38. The smallest absolute Gasteiger partial charge is 0.251 e. The van der Waals surface area contributed by atoms with Crippen molar-refractivity contribution in [3.05, 3.63) is 57.8 Å². The van der Waals surface area contributed by atoms with Crippen LogP contribution in [0.2, 0.25) is 0 Å². The molecule has 0 aliphatic heterocycles. The molecule has 2 rings (SSSR count). The van der Waals surface area contributed by atoms with Crippen LogP contribution in [0.25, 0.3) is 0 Å². The summed E-state index contributed by atoms with van der Waals surface area (Å²) >= 11 is 1.55. The number of aryl methyl sites for hydroxylation is 1. The van der Waals surface area contributed by atoms with Crippen molar-refractivity contribution in [1.82, 2.24) is 16.0 Å². The Morgan fingerprint density at radius 1 is 1.22 bits per heavy atom. The van der Waals surface area contributed by atoms with Crippen molar-refractivity contribution in [1.29, 1.82) is 0 Å². The topological polar surface area (TPSA) is 85.8 Å². The quantitative estimate of drug-likeness (QED) is 0.317. The van der Waals surface area contributed by atoms with Crippen LogP contribution in [0, 0.1) is 6.92 Å². The summed E-state index contributed by atoms with van der Waals surface area (Å²) in [4.78, 5) is 16.6. The molecule has 0 saturated carbocycles. The number of hydrogen-bond acceptors (Lipinski definition) is 4. The highest BCUT2D eigenvalue weighted by atomic mass is 32.1. The molecule has 0 aliphatic rings. The van der Waals surface area contributed by atoms with Gasteiger partial charge in [-0.2, -0.15) is 11.3 Å². The number of amides is 1. The number of carbonyl (C=O) groups is 1. The Labute approximate surface area is 164 Å². The van der Waals surface area contributed by atoms with Crippen LogP contribution in [0.3, 0.4) is 0 Å². The minimum Gasteiger partial charge on any atom is -0.383 e. The molecule has 1 atom stereocenters. The van der Waals surface area contributed by atoms with Crippen LogP contribution in [-0.2, 0) is 5.60 Å². The second-order valence-electron chi connectivity index (χ2n) is 6.53. The molecule has 0 radical (unpaired) electrons. The number of nitrogens with zero attached hydrogens (tertiary/aromatic N) is 1. The van der Waals surface area contributed by atoms with Crippen LogP contribution >= 0.6 is 11.3 Å². The van der Waals surface area contributed by atoms with Crippen molar-refractivity contribution >= 4 is 23.2 Å². The molecule has 2 aromatic rings. The first kappa shape index (κ1) is 20.9. The van der Waals surface area contributed by atoms with Crippen molar-refractivity contribution in [3.8, 4) is 0 Å². The lowest BCUT2D eigenvalue weighted by molar-refractivity contribution is 0.0677. The van der Waals surface area contributed by atoms with Gasteiger partial charge in [-0.25, -0.2) is 4.99 Å². The summed E-state index contributed by atoms with van der Waals surface area (Å²) < 4.78 is 0. The van der Waals surface area contributed by atoms with E-state index in [9.17, 15) is 9.90 Å². The van der Waals surface area contributed by atoms with Gasteiger partial charge in [-0.05, 0) is 55.3 Å². The van der Waals surface area contributed by atoms with Gasteiger partial charge >= 0.3 is 0 Å². The molecule has 0 aliphatic carbocycles. The molecule has 0 bridgehead atoms. The predicted octanol–water partition coefficient (Wildman–Crippen LogP) is 2.25. The van der Waals surface area contributed by atoms with E-state index in [0.717, 1.165) is 11.1 Å². The number of hydrogen-bond donors (Lipinski definition) is 4. The third-order valence-electron chi connectivity index (χ3n) is 4.02. The van der Waals surface area contributed by atoms with Gasteiger partial charge in [-0.15, -0.1) is 0 Å². The van der Waals surface area contributed by atoms with Crippen LogP contribution in [0.4, 0.5) is 0 Å². The van der Waals surface area contributed by atoms with Crippen molar-refractivity contribution in [3.63, 3.8) is 0 Å². The van der Waals surface area contributed by atoms with E-state index >= 15 is 0 Å². The summed E-state index contributed by atoms with van der Waals surface area (Å²) in [7, 11) is 0. The number of aliphatic imine (C=N–C) groups is 1. The average molecular weight is 389 g/mol. The van der Waals surface area contributed by atoms with Crippen LogP contribution in [0.15, 0.2) is 46.1 Å². The van der Waals surface area contributed by atoms with Gasteiger partial charge in [0.2, 0.25) is 0 Å². The standard InChI is InChI=1S/C20H28N4O2S/c1-4-21-19(24-14-20(3,26)17-8-11-27-13-17)23-10-9-22-18(25)16-7-5-6-15(2)12-16/h5-8,11-13,26H,4,9-10,14H2,1-3H3,(H,22,25)(H2,21,23,24). The Balaban J connectivity index is 1.82. The lowest BCUT2D eigenvalue weighted by atomic mass is 10.00. The lowest BCUT2D eigenvalue weighted by Gasteiger charge is -2.21. The van der Waals surface area contributed by atoms with Crippen LogP contribution < -0.4 is 16.0 Å². The van der Waals surface area contributed by atoms with E-state index in [4.69, 9.17) is 0 Å². The number of carbonyl (C=O) groups excluding carboxylic acids is 1. The number of nitrogens with one attached hydrogen (secondary N) is 3. The summed E-state index contributed by atoms with van der Waals surface area (Å²) in [5, 5.41) is 23.6. The zero-order valence-electron chi connectivity index (χ0n) is 16.1. The second kappa shape index (κ2) is 10.1. The molecule has 1 unspecified atom stereocenters. The number of rotatable bonds is 8. The van der Waals surface area contributed by atoms with Gasteiger partial charge in [0, 0.05) is 25.2 Å². The Morgan fingerprint density at radius 2 is 2.00 bits per heavy atom. The number of guanidine groups is 1. The number of aliphatic hydroxyl groups is 1. The van der Waals surface area contributed by atoms with Gasteiger partial charge in [0.05, 0.1) is 6.54 Å². The maximum atomic E-state index is 12.1. The van der Waals surface area contributed by atoms with Gasteiger partial charge < -0.3 is 21.1 Å². The fourth-order valence-electron chi connectivity index (χ4n) is 2.48. The van der Waals surface area contributed by atoms with Gasteiger partial charge in [0.1, 0.15) is 5.60 Å². The molecular weight excluding hydrogens is 360 g/mol. The Bertz CT molecular complexity index is 757. The first-order valence-corrected chi connectivity index (χ1v) is 9.99. The molecule has 27 heavy (non-hydrogen) atoms. The van der Waals surface area contributed by atoms with E-state index in [-0.39, 0.29) is 12.5 Å². The molecule has 0 saturated heterocycles. The fraction of sp³-hybridized carbons (Fsp3) is 0.400. The van der Waals surface area contributed by atoms with E-state index in [2.05, 4.69) is 20.9 Å². The van der Waals surface area contributed by atoms with Gasteiger partial charge in [-0.3, -0.25) is 4.79 Å².